The van der Waals surface area contributed by atoms with E-state index in [4.69, 9.17) is 0 Å². The molecule has 3 aliphatic rings. The Morgan fingerprint density at radius 3 is 2.27 bits per heavy atom. The lowest BCUT2D eigenvalue weighted by Crippen LogP contribution is -2.53. The summed E-state index contributed by atoms with van der Waals surface area (Å²) in [6.45, 7) is 2.91. The zero-order valence-corrected chi connectivity index (χ0v) is 12.4. The molecule has 1 amide bonds. The van der Waals surface area contributed by atoms with Crippen molar-refractivity contribution in [2.45, 2.75) is 42.6 Å². The van der Waals surface area contributed by atoms with Crippen LogP contribution in [0.15, 0.2) is 30.3 Å². The molecule has 4 rings (SSSR count). The minimum atomic E-state index is -2.94. The van der Waals surface area contributed by atoms with Crippen molar-refractivity contribution in [1.29, 1.82) is 0 Å². The maximum absolute atomic E-state index is 14.1. The summed E-state index contributed by atoms with van der Waals surface area (Å²) in [6, 6.07) is 8.48. The van der Waals surface area contributed by atoms with Crippen LogP contribution in [0.5, 0.6) is 0 Å². The molecule has 2 aliphatic carbocycles. The summed E-state index contributed by atoms with van der Waals surface area (Å²) in [5, 5.41) is 2.96. The standard InChI is InChI=1S/C17H20F2N2O/c18-17(19)11-16(17,13-5-2-1-3-6-13)14(22)20-15(7-8-15)12-21-9-4-10-21/h1-3,5-6H,4,7-12H2,(H,20,22)/t16-/m0/s1. The zero-order valence-electron chi connectivity index (χ0n) is 12.4. The van der Waals surface area contributed by atoms with Gasteiger partial charge in [-0.3, -0.25) is 4.79 Å². The molecule has 1 aliphatic heterocycles. The second-order valence-corrected chi connectivity index (χ2v) is 7.02. The van der Waals surface area contributed by atoms with Crippen molar-refractivity contribution in [2.24, 2.45) is 0 Å². The summed E-state index contributed by atoms with van der Waals surface area (Å²) < 4.78 is 28.1. The van der Waals surface area contributed by atoms with E-state index in [1.807, 2.05) is 0 Å². The molecule has 0 bridgehead atoms. The summed E-state index contributed by atoms with van der Waals surface area (Å²) in [6.07, 6.45) is 2.60. The van der Waals surface area contributed by atoms with Gasteiger partial charge in [-0.15, -0.1) is 0 Å². The first kappa shape index (κ1) is 14.1. The number of nitrogens with one attached hydrogen (secondary N) is 1. The number of rotatable bonds is 5. The predicted octanol–water partition coefficient (Wildman–Crippen LogP) is 2.32. The molecule has 1 atom stereocenters. The molecule has 3 nitrogen and oxygen atoms in total. The Labute approximate surface area is 128 Å². The molecular formula is C17H20F2N2O. The molecule has 3 fully saturated rings. The van der Waals surface area contributed by atoms with E-state index in [1.165, 1.54) is 6.42 Å². The van der Waals surface area contributed by atoms with Gasteiger partial charge in [0.05, 0.1) is 5.54 Å². The lowest BCUT2D eigenvalue weighted by molar-refractivity contribution is -0.127. The molecule has 1 aromatic rings. The van der Waals surface area contributed by atoms with E-state index in [0.717, 1.165) is 32.5 Å². The quantitative estimate of drug-likeness (QED) is 0.905. The maximum atomic E-state index is 14.1. The van der Waals surface area contributed by atoms with Gasteiger partial charge in [0.25, 0.3) is 5.92 Å². The second-order valence-electron chi connectivity index (χ2n) is 7.02. The van der Waals surface area contributed by atoms with Crippen molar-refractivity contribution in [3.05, 3.63) is 35.9 Å². The minimum absolute atomic E-state index is 0.266. The van der Waals surface area contributed by atoms with Crippen LogP contribution in [-0.2, 0) is 10.2 Å². The predicted molar refractivity (Wildman–Crippen MR) is 78.8 cm³/mol. The molecule has 1 heterocycles. The first-order chi connectivity index (χ1) is 10.5. The highest BCUT2D eigenvalue weighted by molar-refractivity contribution is 5.94. The highest BCUT2D eigenvalue weighted by Crippen LogP contribution is 2.62. The summed E-state index contributed by atoms with van der Waals surface area (Å²) in [5.41, 5.74) is -1.49. The third-order valence-electron chi connectivity index (χ3n) is 5.35. The topological polar surface area (TPSA) is 32.3 Å². The van der Waals surface area contributed by atoms with Crippen molar-refractivity contribution >= 4 is 5.91 Å². The molecule has 1 saturated heterocycles. The van der Waals surface area contributed by atoms with Crippen molar-refractivity contribution < 1.29 is 13.6 Å². The van der Waals surface area contributed by atoms with E-state index >= 15 is 0 Å². The number of alkyl halides is 2. The number of carbonyl (C=O) groups excluding carboxylic acids is 1. The first-order valence-electron chi connectivity index (χ1n) is 7.96. The Kier molecular flexibility index (Phi) is 2.89. The number of carbonyl (C=O) groups is 1. The fourth-order valence-electron chi connectivity index (χ4n) is 3.49. The highest BCUT2D eigenvalue weighted by atomic mass is 19.3. The van der Waals surface area contributed by atoms with Crippen molar-refractivity contribution in [3.8, 4) is 0 Å². The number of amides is 1. The fraction of sp³-hybridized carbons (Fsp3) is 0.588. The van der Waals surface area contributed by atoms with E-state index in [0.29, 0.717) is 5.56 Å². The van der Waals surface area contributed by atoms with Gasteiger partial charge in [-0.05, 0) is 37.9 Å². The van der Waals surface area contributed by atoms with Crippen LogP contribution in [0.25, 0.3) is 0 Å². The van der Waals surface area contributed by atoms with Crippen molar-refractivity contribution in [2.75, 3.05) is 19.6 Å². The van der Waals surface area contributed by atoms with Crippen LogP contribution in [-0.4, -0.2) is 41.9 Å². The van der Waals surface area contributed by atoms with E-state index in [1.54, 1.807) is 30.3 Å². The van der Waals surface area contributed by atoms with Gasteiger partial charge >= 0.3 is 0 Å². The Balaban J connectivity index is 1.53. The lowest BCUT2D eigenvalue weighted by atomic mass is 9.93. The minimum Gasteiger partial charge on any atom is -0.348 e. The molecule has 118 valence electrons. The van der Waals surface area contributed by atoms with Gasteiger partial charge < -0.3 is 10.2 Å². The van der Waals surface area contributed by atoms with Gasteiger partial charge in [0, 0.05) is 13.0 Å². The zero-order chi connectivity index (χ0) is 15.4. The van der Waals surface area contributed by atoms with E-state index in [-0.39, 0.29) is 12.0 Å². The molecule has 22 heavy (non-hydrogen) atoms. The Bertz CT molecular complexity index is 596. The van der Waals surface area contributed by atoms with Crippen molar-refractivity contribution in [3.63, 3.8) is 0 Å². The number of hydrogen-bond acceptors (Lipinski definition) is 2. The average Bonchev–Trinajstić information content (AvgIpc) is 3.32. The van der Waals surface area contributed by atoms with Crippen LogP contribution >= 0.6 is 0 Å². The Morgan fingerprint density at radius 1 is 1.18 bits per heavy atom. The smallest absolute Gasteiger partial charge is 0.268 e. The lowest BCUT2D eigenvalue weighted by Gasteiger charge is -2.35. The van der Waals surface area contributed by atoms with Gasteiger partial charge in [0.2, 0.25) is 5.91 Å². The van der Waals surface area contributed by atoms with Crippen LogP contribution in [0.3, 0.4) is 0 Å². The molecule has 2 saturated carbocycles. The second kappa shape index (κ2) is 4.51. The maximum Gasteiger partial charge on any atom is 0.268 e. The first-order valence-corrected chi connectivity index (χ1v) is 7.96. The molecule has 0 spiro atoms. The van der Waals surface area contributed by atoms with E-state index < -0.39 is 17.2 Å². The third kappa shape index (κ3) is 2.06. The molecule has 5 heteroatoms. The van der Waals surface area contributed by atoms with Crippen molar-refractivity contribution in [1.82, 2.24) is 10.2 Å². The normalized spacial score (nSPS) is 31.2. The number of nitrogens with zero attached hydrogens (tertiary/aromatic N) is 1. The largest absolute Gasteiger partial charge is 0.348 e. The Morgan fingerprint density at radius 2 is 1.82 bits per heavy atom. The number of benzene rings is 1. The summed E-state index contributed by atoms with van der Waals surface area (Å²) in [5.74, 6) is -3.44. The average molecular weight is 306 g/mol. The Hall–Kier alpha value is -1.49. The fourth-order valence-corrected chi connectivity index (χ4v) is 3.49. The number of likely N-dealkylation sites (tertiary alicyclic amines) is 1. The van der Waals surface area contributed by atoms with Crippen LogP contribution in [0.2, 0.25) is 0 Å². The van der Waals surface area contributed by atoms with E-state index in [2.05, 4.69) is 10.2 Å². The van der Waals surface area contributed by atoms with Crippen LogP contribution < -0.4 is 5.32 Å². The monoisotopic (exact) mass is 306 g/mol. The van der Waals surface area contributed by atoms with Gasteiger partial charge in [-0.2, -0.15) is 0 Å². The molecule has 0 aromatic heterocycles. The van der Waals surface area contributed by atoms with Crippen LogP contribution in [0, 0.1) is 0 Å². The molecule has 1 aromatic carbocycles. The van der Waals surface area contributed by atoms with Gasteiger partial charge in [0.1, 0.15) is 5.41 Å². The van der Waals surface area contributed by atoms with Crippen LogP contribution in [0.4, 0.5) is 8.78 Å². The highest BCUT2D eigenvalue weighted by Gasteiger charge is 2.77. The summed E-state index contributed by atoms with van der Waals surface area (Å²) in [4.78, 5) is 15.0. The molecule has 0 radical (unpaired) electrons. The summed E-state index contributed by atoms with van der Waals surface area (Å²) in [7, 11) is 0. The third-order valence-corrected chi connectivity index (χ3v) is 5.35. The van der Waals surface area contributed by atoms with Gasteiger partial charge in [-0.25, -0.2) is 8.78 Å². The number of halogens is 2. The van der Waals surface area contributed by atoms with Gasteiger partial charge in [-0.1, -0.05) is 30.3 Å². The number of hydrogen-bond donors (Lipinski definition) is 1. The van der Waals surface area contributed by atoms with E-state index in [9.17, 15) is 13.6 Å². The summed E-state index contributed by atoms with van der Waals surface area (Å²) >= 11 is 0. The molecule has 1 N–H and O–H groups in total. The van der Waals surface area contributed by atoms with Crippen LogP contribution in [0.1, 0.15) is 31.2 Å². The SMILES string of the molecule is O=C(NC1(CN2CCC2)CC1)[C@@]1(c2ccccc2)CC1(F)F. The molecular weight excluding hydrogens is 286 g/mol. The molecule has 0 unspecified atom stereocenters. The van der Waals surface area contributed by atoms with Gasteiger partial charge in [0.15, 0.2) is 0 Å².